The largest absolute Gasteiger partial charge is 0.618 e. The Bertz CT molecular complexity index is 486. The molecule has 0 spiro atoms. The third-order valence-electron chi connectivity index (χ3n) is 2.59. The van der Waals surface area contributed by atoms with E-state index in [1.54, 1.807) is 26.0 Å². The molecule has 0 radical (unpaired) electrons. The number of hydrogen-bond acceptors (Lipinski definition) is 2. The second kappa shape index (κ2) is 4.87. The second-order valence-corrected chi connectivity index (χ2v) is 4.04. The van der Waals surface area contributed by atoms with Gasteiger partial charge in [0.25, 0.3) is 0 Å². The van der Waals surface area contributed by atoms with E-state index in [1.807, 2.05) is 30.3 Å². The van der Waals surface area contributed by atoms with E-state index in [1.165, 1.54) is 0 Å². The molecule has 1 aromatic carbocycles. The number of nitrogens with zero attached hydrogens (tertiary/aromatic N) is 1. The van der Waals surface area contributed by atoms with Crippen molar-refractivity contribution in [2.75, 3.05) is 0 Å². The molecule has 2 rings (SSSR count). The summed E-state index contributed by atoms with van der Waals surface area (Å²) in [5.41, 5.74) is 2.41. The average molecular weight is 229 g/mol. The normalized spacial score (nSPS) is 10.2. The first-order chi connectivity index (χ1) is 8.16. The standard InChI is InChI=1S/C14H15NO2/c1-11-8-14(9-12(2)15(11)16)17-10-13-6-4-3-5-7-13/h3-9H,10H2,1-2H3. The van der Waals surface area contributed by atoms with Crippen molar-refractivity contribution in [3.8, 4) is 5.75 Å². The zero-order valence-electron chi connectivity index (χ0n) is 10.0. The topological polar surface area (TPSA) is 36.2 Å². The van der Waals surface area contributed by atoms with E-state index >= 15 is 0 Å². The highest BCUT2D eigenvalue weighted by atomic mass is 16.5. The number of rotatable bonds is 3. The predicted octanol–water partition coefficient (Wildman–Crippen LogP) is 2.52. The van der Waals surface area contributed by atoms with Gasteiger partial charge in [-0.15, -0.1) is 0 Å². The lowest BCUT2D eigenvalue weighted by Crippen LogP contribution is -2.33. The number of ether oxygens (including phenoxy) is 1. The molecule has 0 amide bonds. The number of pyridine rings is 1. The molecule has 0 N–H and O–H groups in total. The SMILES string of the molecule is Cc1cc(OCc2ccccc2)cc(C)[n+]1[O-]. The van der Waals surface area contributed by atoms with Crippen LogP contribution >= 0.6 is 0 Å². The molecule has 88 valence electrons. The van der Waals surface area contributed by atoms with Crippen LogP contribution in [0.4, 0.5) is 0 Å². The molecular weight excluding hydrogens is 214 g/mol. The van der Waals surface area contributed by atoms with Crippen molar-refractivity contribution in [1.29, 1.82) is 0 Å². The van der Waals surface area contributed by atoms with Gasteiger partial charge in [-0.3, -0.25) is 0 Å². The second-order valence-electron chi connectivity index (χ2n) is 4.04. The Hall–Kier alpha value is -2.03. The lowest BCUT2D eigenvalue weighted by molar-refractivity contribution is -0.619. The summed E-state index contributed by atoms with van der Waals surface area (Å²) < 4.78 is 6.55. The van der Waals surface area contributed by atoms with E-state index in [9.17, 15) is 5.21 Å². The summed E-state index contributed by atoms with van der Waals surface area (Å²) in [6, 6.07) is 13.5. The number of benzene rings is 1. The minimum absolute atomic E-state index is 0.516. The summed E-state index contributed by atoms with van der Waals surface area (Å²) in [5.74, 6) is 0.732. The lowest BCUT2D eigenvalue weighted by atomic mass is 10.2. The summed E-state index contributed by atoms with van der Waals surface area (Å²) in [4.78, 5) is 0. The van der Waals surface area contributed by atoms with Gasteiger partial charge in [0.15, 0.2) is 11.4 Å². The van der Waals surface area contributed by atoms with Crippen LogP contribution in [0.15, 0.2) is 42.5 Å². The molecule has 0 aliphatic heterocycles. The molecule has 0 aliphatic rings. The van der Waals surface area contributed by atoms with Crippen molar-refractivity contribution < 1.29 is 9.47 Å². The van der Waals surface area contributed by atoms with Gasteiger partial charge in [0, 0.05) is 26.0 Å². The van der Waals surface area contributed by atoms with Crippen LogP contribution in [0, 0.1) is 19.1 Å². The molecular formula is C14H15NO2. The van der Waals surface area contributed by atoms with Crippen molar-refractivity contribution in [3.63, 3.8) is 0 Å². The molecule has 0 atom stereocenters. The van der Waals surface area contributed by atoms with Gasteiger partial charge >= 0.3 is 0 Å². The van der Waals surface area contributed by atoms with E-state index < -0.39 is 0 Å². The highest BCUT2D eigenvalue weighted by Crippen LogP contribution is 2.14. The van der Waals surface area contributed by atoms with Crippen LogP contribution in [0.5, 0.6) is 5.75 Å². The third kappa shape index (κ3) is 2.75. The summed E-state index contributed by atoms with van der Waals surface area (Å²) >= 11 is 0. The molecule has 0 aliphatic carbocycles. The zero-order chi connectivity index (χ0) is 12.3. The quantitative estimate of drug-likeness (QED) is 0.599. The summed E-state index contributed by atoms with van der Waals surface area (Å²) in [6.45, 7) is 4.06. The molecule has 3 nitrogen and oxygen atoms in total. The van der Waals surface area contributed by atoms with E-state index in [-0.39, 0.29) is 0 Å². The van der Waals surface area contributed by atoms with Gasteiger partial charge in [0.1, 0.15) is 12.4 Å². The fraction of sp³-hybridized carbons (Fsp3) is 0.214. The summed E-state index contributed by atoms with van der Waals surface area (Å²) in [5, 5.41) is 11.5. The Morgan fingerprint density at radius 1 is 1.06 bits per heavy atom. The maximum Gasteiger partial charge on any atom is 0.193 e. The molecule has 17 heavy (non-hydrogen) atoms. The van der Waals surface area contributed by atoms with Gasteiger partial charge in [0.2, 0.25) is 0 Å². The van der Waals surface area contributed by atoms with Crippen LogP contribution in [0.3, 0.4) is 0 Å². The Labute approximate surface area is 101 Å². The minimum atomic E-state index is 0.516. The van der Waals surface area contributed by atoms with Crippen molar-refractivity contribution in [2.24, 2.45) is 0 Å². The van der Waals surface area contributed by atoms with Crippen molar-refractivity contribution in [1.82, 2.24) is 0 Å². The Morgan fingerprint density at radius 3 is 2.24 bits per heavy atom. The third-order valence-corrected chi connectivity index (χ3v) is 2.59. The van der Waals surface area contributed by atoms with Gasteiger partial charge in [-0.25, -0.2) is 0 Å². The molecule has 0 bridgehead atoms. The first kappa shape index (κ1) is 11.5. The summed E-state index contributed by atoms with van der Waals surface area (Å²) in [6.07, 6.45) is 0. The maximum absolute atomic E-state index is 11.5. The van der Waals surface area contributed by atoms with Crippen molar-refractivity contribution >= 4 is 0 Å². The number of hydrogen-bond donors (Lipinski definition) is 0. The molecule has 1 heterocycles. The first-order valence-corrected chi connectivity index (χ1v) is 5.54. The van der Waals surface area contributed by atoms with E-state index in [0.717, 1.165) is 16.0 Å². The highest BCUT2D eigenvalue weighted by Gasteiger charge is 2.07. The smallest absolute Gasteiger partial charge is 0.193 e. The highest BCUT2D eigenvalue weighted by molar-refractivity contribution is 5.23. The van der Waals surface area contributed by atoms with Crippen LogP contribution in [0.1, 0.15) is 17.0 Å². The Morgan fingerprint density at radius 2 is 1.65 bits per heavy atom. The molecule has 0 saturated heterocycles. The van der Waals surface area contributed by atoms with E-state index in [4.69, 9.17) is 4.74 Å². The van der Waals surface area contributed by atoms with Crippen LogP contribution in [-0.2, 0) is 6.61 Å². The maximum atomic E-state index is 11.5. The molecule has 3 heteroatoms. The van der Waals surface area contributed by atoms with Gasteiger partial charge in [-0.1, -0.05) is 30.3 Å². The number of aromatic nitrogens is 1. The van der Waals surface area contributed by atoms with Gasteiger partial charge in [0.05, 0.1) is 0 Å². The van der Waals surface area contributed by atoms with Gasteiger partial charge in [-0.2, -0.15) is 4.73 Å². The zero-order valence-corrected chi connectivity index (χ0v) is 10.0. The Kier molecular flexibility index (Phi) is 3.28. The van der Waals surface area contributed by atoms with E-state index in [2.05, 4.69) is 0 Å². The van der Waals surface area contributed by atoms with Crippen LogP contribution < -0.4 is 9.47 Å². The molecule has 2 aromatic rings. The molecule has 0 saturated carbocycles. The number of aryl methyl sites for hydroxylation is 2. The van der Waals surface area contributed by atoms with Crippen LogP contribution in [-0.4, -0.2) is 0 Å². The van der Waals surface area contributed by atoms with Gasteiger partial charge < -0.3 is 9.94 Å². The fourth-order valence-electron chi connectivity index (χ4n) is 1.67. The molecule has 0 fully saturated rings. The summed E-state index contributed by atoms with van der Waals surface area (Å²) in [7, 11) is 0. The van der Waals surface area contributed by atoms with Crippen LogP contribution in [0.25, 0.3) is 0 Å². The van der Waals surface area contributed by atoms with Crippen LogP contribution in [0.2, 0.25) is 0 Å². The Balaban J connectivity index is 2.10. The fourth-order valence-corrected chi connectivity index (χ4v) is 1.67. The van der Waals surface area contributed by atoms with Crippen molar-refractivity contribution in [3.05, 3.63) is 64.6 Å². The molecule has 1 aromatic heterocycles. The van der Waals surface area contributed by atoms with Crippen molar-refractivity contribution in [2.45, 2.75) is 20.5 Å². The van der Waals surface area contributed by atoms with Gasteiger partial charge in [-0.05, 0) is 5.56 Å². The molecule has 0 unspecified atom stereocenters. The minimum Gasteiger partial charge on any atom is -0.618 e. The lowest BCUT2D eigenvalue weighted by Gasteiger charge is -2.09. The first-order valence-electron chi connectivity index (χ1n) is 5.54. The van der Waals surface area contributed by atoms with E-state index in [0.29, 0.717) is 18.0 Å². The monoisotopic (exact) mass is 229 g/mol. The predicted molar refractivity (Wildman–Crippen MR) is 65.7 cm³/mol. The average Bonchev–Trinajstić information content (AvgIpc) is 2.34.